The Balaban J connectivity index is 4.27. The highest BCUT2D eigenvalue weighted by Gasteiger charge is 2.23. The average molecular weight is 229 g/mol. The predicted molar refractivity (Wildman–Crippen MR) is 71.9 cm³/mol. The van der Waals surface area contributed by atoms with Crippen molar-refractivity contribution in [1.82, 2.24) is 5.32 Å². The van der Waals surface area contributed by atoms with Gasteiger partial charge in [-0.1, -0.05) is 40.5 Å². The van der Waals surface area contributed by atoms with Gasteiger partial charge in [0.15, 0.2) is 0 Å². The van der Waals surface area contributed by atoms with Crippen LogP contribution in [0.2, 0.25) is 0 Å². The van der Waals surface area contributed by atoms with Crippen LogP contribution in [0.4, 0.5) is 0 Å². The summed E-state index contributed by atoms with van der Waals surface area (Å²) >= 11 is 0. The number of hydrogen-bond donors (Lipinski definition) is 1. The molecule has 2 unspecified atom stereocenters. The highest BCUT2D eigenvalue weighted by Crippen LogP contribution is 2.16. The molecule has 0 saturated carbocycles. The zero-order valence-corrected chi connectivity index (χ0v) is 11.9. The molecule has 0 aliphatic carbocycles. The van der Waals surface area contributed by atoms with Crippen molar-refractivity contribution < 1.29 is 4.74 Å². The van der Waals surface area contributed by atoms with Gasteiger partial charge in [0.2, 0.25) is 0 Å². The van der Waals surface area contributed by atoms with E-state index in [-0.39, 0.29) is 0 Å². The second kappa shape index (κ2) is 10.1. The van der Waals surface area contributed by atoms with E-state index in [2.05, 4.69) is 39.9 Å². The Hall–Kier alpha value is -0.0800. The molecule has 0 bridgehead atoms. The Kier molecular flexibility index (Phi) is 10.0. The molecule has 0 fully saturated rings. The maximum atomic E-state index is 5.90. The Labute approximate surface area is 102 Å². The lowest BCUT2D eigenvalue weighted by Crippen LogP contribution is -2.44. The lowest BCUT2D eigenvalue weighted by Gasteiger charge is -2.31. The molecule has 16 heavy (non-hydrogen) atoms. The van der Waals surface area contributed by atoms with Gasteiger partial charge in [0.25, 0.3) is 0 Å². The largest absolute Gasteiger partial charge is 0.377 e. The van der Waals surface area contributed by atoms with Gasteiger partial charge in [-0.3, -0.25) is 0 Å². The van der Waals surface area contributed by atoms with Crippen LogP contribution in [0.3, 0.4) is 0 Å². The molecule has 0 rings (SSSR count). The highest BCUT2D eigenvalue weighted by atomic mass is 16.5. The number of nitrogens with one attached hydrogen (secondary N) is 1. The van der Waals surface area contributed by atoms with E-state index in [0.29, 0.717) is 18.1 Å². The van der Waals surface area contributed by atoms with Crippen molar-refractivity contribution in [2.45, 2.75) is 72.4 Å². The van der Waals surface area contributed by atoms with E-state index in [1.165, 1.54) is 25.7 Å². The highest BCUT2D eigenvalue weighted by molar-refractivity contribution is 4.79. The fraction of sp³-hybridized carbons (Fsp3) is 1.00. The summed E-state index contributed by atoms with van der Waals surface area (Å²) in [6, 6.07) is 0.528. The van der Waals surface area contributed by atoms with Gasteiger partial charge in [-0.25, -0.2) is 0 Å². The van der Waals surface area contributed by atoms with Gasteiger partial charge in [-0.15, -0.1) is 0 Å². The van der Waals surface area contributed by atoms with E-state index in [1.54, 1.807) is 0 Å². The van der Waals surface area contributed by atoms with E-state index in [9.17, 15) is 0 Å². The zero-order valence-electron chi connectivity index (χ0n) is 11.9. The van der Waals surface area contributed by atoms with Crippen LogP contribution < -0.4 is 5.32 Å². The molecule has 2 atom stereocenters. The van der Waals surface area contributed by atoms with Crippen molar-refractivity contribution in [3.63, 3.8) is 0 Å². The van der Waals surface area contributed by atoms with Gasteiger partial charge in [-0.05, 0) is 32.2 Å². The number of rotatable bonds is 10. The normalized spacial score (nSPS) is 15.4. The molecular weight excluding hydrogens is 198 g/mol. The monoisotopic (exact) mass is 229 g/mol. The van der Waals surface area contributed by atoms with Crippen LogP contribution in [-0.2, 0) is 4.74 Å². The Morgan fingerprint density at radius 3 is 2.19 bits per heavy atom. The van der Waals surface area contributed by atoms with E-state index in [1.807, 2.05) is 0 Å². The molecule has 98 valence electrons. The second-order valence-corrected chi connectivity index (χ2v) is 4.87. The van der Waals surface area contributed by atoms with Gasteiger partial charge in [0, 0.05) is 12.6 Å². The van der Waals surface area contributed by atoms with Crippen molar-refractivity contribution in [3.05, 3.63) is 0 Å². The van der Waals surface area contributed by atoms with Crippen LogP contribution in [-0.4, -0.2) is 25.3 Å². The molecule has 0 aromatic heterocycles. The molecule has 1 N–H and O–H groups in total. The predicted octanol–water partition coefficient (Wildman–Crippen LogP) is 3.61. The SMILES string of the molecule is CCCCC(NCCC)C(OCC)C(C)C. The van der Waals surface area contributed by atoms with Crippen LogP contribution in [0.15, 0.2) is 0 Å². The van der Waals surface area contributed by atoms with Crippen molar-refractivity contribution in [1.29, 1.82) is 0 Å². The first-order chi connectivity index (χ1) is 7.67. The Bertz CT molecular complexity index is 140. The average Bonchev–Trinajstić information content (AvgIpc) is 2.26. The van der Waals surface area contributed by atoms with E-state index in [4.69, 9.17) is 4.74 Å². The van der Waals surface area contributed by atoms with Crippen molar-refractivity contribution in [3.8, 4) is 0 Å². The van der Waals surface area contributed by atoms with Gasteiger partial charge < -0.3 is 10.1 Å². The minimum absolute atomic E-state index is 0.364. The minimum Gasteiger partial charge on any atom is -0.377 e. The molecule has 0 spiro atoms. The smallest absolute Gasteiger partial charge is 0.0750 e. The zero-order chi connectivity index (χ0) is 12.4. The third kappa shape index (κ3) is 6.49. The molecule has 0 aliphatic rings. The van der Waals surface area contributed by atoms with Gasteiger partial charge >= 0.3 is 0 Å². The molecule has 0 aromatic rings. The fourth-order valence-corrected chi connectivity index (χ4v) is 2.10. The topological polar surface area (TPSA) is 21.3 Å². The van der Waals surface area contributed by atoms with Crippen molar-refractivity contribution in [2.75, 3.05) is 13.2 Å². The quantitative estimate of drug-likeness (QED) is 0.618. The van der Waals surface area contributed by atoms with Crippen LogP contribution in [0.5, 0.6) is 0 Å². The number of unbranched alkanes of at least 4 members (excludes halogenated alkanes) is 1. The second-order valence-electron chi connectivity index (χ2n) is 4.87. The molecule has 0 saturated heterocycles. The Morgan fingerprint density at radius 2 is 1.75 bits per heavy atom. The summed E-state index contributed by atoms with van der Waals surface area (Å²) in [6.45, 7) is 13.0. The van der Waals surface area contributed by atoms with Gasteiger partial charge in [-0.2, -0.15) is 0 Å². The molecular formula is C14H31NO. The van der Waals surface area contributed by atoms with Crippen LogP contribution in [0, 0.1) is 5.92 Å². The molecule has 2 nitrogen and oxygen atoms in total. The van der Waals surface area contributed by atoms with E-state index in [0.717, 1.165) is 13.2 Å². The molecule has 2 heteroatoms. The summed E-state index contributed by atoms with van der Waals surface area (Å²) in [5, 5.41) is 3.65. The van der Waals surface area contributed by atoms with Crippen molar-refractivity contribution >= 4 is 0 Å². The third-order valence-corrected chi connectivity index (χ3v) is 2.94. The van der Waals surface area contributed by atoms with E-state index < -0.39 is 0 Å². The van der Waals surface area contributed by atoms with Crippen LogP contribution in [0.25, 0.3) is 0 Å². The van der Waals surface area contributed by atoms with Gasteiger partial charge in [0.05, 0.1) is 6.10 Å². The molecule has 0 aromatic carbocycles. The molecule has 0 aliphatic heterocycles. The summed E-state index contributed by atoms with van der Waals surface area (Å²) in [6.07, 6.45) is 5.35. The first-order valence-electron chi connectivity index (χ1n) is 7.02. The van der Waals surface area contributed by atoms with Crippen LogP contribution in [0.1, 0.15) is 60.3 Å². The molecule has 0 heterocycles. The summed E-state index contributed by atoms with van der Waals surface area (Å²) in [5.74, 6) is 0.589. The Morgan fingerprint density at radius 1 is 1.06 bits per heavy atom. The third-order valence-electron chi connectivity index (χ3n) is 2.94. The summed E-state index contributed by atoms with van der Waals surface area (Å²) in [4.78, 5) is 0. The first kappa shape index (κ1) is 15.9. The first-order valence-corrected chi connectivity index (χ1v) is 7.02. The van der Waals surface area contributed by atoms with E-state index >= 15 is 0 Å². The lowest BCUT2D eigenvalue weighted by molar-refractivity contribution is 0.00104. The molecule has 0 amide bonds. The number of ether oxygens (including phenoxy) is 1. The van der Waals surface area contributed by atoms with Crippen LogP contribution >= 0.6 is 0 Å². The standard InChI is InChI=1S/C14H31NO/c1-6-9-10-13(15-11-7-2)14(12(4)5)16-8-3/h12-15H,6-11H2,1-5H3. The maximum Gasteiger partial charge on any atom is 0.0750 e. The van der Waals surface area contributed by atoms with Gasteiger partial charge in [0.1, 0.15) is 0 Å². The number of hydrogen-bond acceptors (Lipinski definition) is 2. The lowest BCUT2D eigenvalue weighted by atomic mass is 9.95. The summed E-state index contributed by atoms with van der Waals surface area (Å²) < 4.78 is 5.90. The molecule has 0 radical (unpaired) electrons. The minimum atomic E-state index is 0.364. The maximum absolute atomic E-state index is 5.90. The fourth-order valence-electron chi connectivity index (χ4n) is 2.10. The summed E-state index contributed by atoms with van der Waals surface area (Å²) in [5.41, 5.74) is 0. The van der Waals surface area contributed by atoms with Crippen molar-refractivity contribution in [2.24, 2.45) is 5.92 Å². The summed E-state index contributed by atoms with van der Waals surface area (Å²) in [7, 11) is 0.